The largest absolute Gasteiger partial charge is 0.393 e. The van der Waals surface area contributed by atoms with Gasteiger partial charge < -0.3 is 10.4 Å². The highest BCUT2D eigenvalue weighted by Gasteiger charge is 2.19. The summed E-state index contributed by atoms with van der Waals surface area (Å²) in [4.78, 5) is 2.83. The van der Waals surface area contributed by atoms with Gasteiger partial charge in [0.15, 0.2) is 0 Å². The molecule has 3 heteroatoms. The van der Waals surface area contributed by atoms with Crippen molar-refractivity contribution in [3.8, 4) is 0 Å². The lowest BCUT2D eigenvalue weighted by Gasteiger charge is -2.26. The number of nitrogens with one attached hydrogen (secondary N) is 1. The molecule has 1 saturated carbocycles. The van der Waals surface area contributed by atoms with Gasteiger partial charge in [0.05, 0.1) is 6.10 Å². The van der Waals surface area contributed by atoms with E-state index in [0.717, 1.165) is 25.9 Å². The predicted molar refractivity (Wildman–Crippen MR) is 73.5 cm³/mol. The fraction of sp³-hybridized carbons (Fsp3) is 0.714. The Labute approximate surface area is 108 Å². The molecule has 0 saturated heterocycles. The van der Waals surface area contributed by atoms with Crippen molar-refractivity contribution in [1.29, 1.82) is 0 Å². The van der Waals surface area contributed by atoms with Crippen LogP contribution in [0.3, 0.4) is 0 Å². The fourth-order valence-corrected chi connectivity index (χ4v) is 3.66. The molecule has 1 aliphatic rings. The molecular weight excluding hydrogens is 230 g/mol. The van der Waals surface area contributed by atoms with Gasteiger partial charge in [-0.05, 0) is 57.2 Å². The molecule has 0 bridgehead atoms. The number of hydrogen-bond acceptors (Lipinski definition) is 3. The number of aliphatic hydroxyl groups excluding tert-OH is 1. The highest BCUT2D eigenvalue weighted by molar-refractivity contribution is 7.12. The van der Waals surface area contributed by atoms with E-state index in [1.807, 2.05) is 11.3 Å². The van der Waals surface area contributed by atoms with Crippen LogP contribution in [0.4, 0.5) is 0 Å². The Morgan fingerprint density at radius 1 is 1.41 bits per heavy atom. The number of aliphatic hydroxyl groups is 1. The van der Waals surface area contributed by atoms with Crippen LogP contribution in [-0.4, -0.2) is 17.8 Å². The Balaban J connectivity index is 1.74. The lowest BCUT2D eigenvalue weighted by molar-refractivity contribution is 0.101. The van der Waals surface area contributed by atoms with Gasteiger partial charge in [-0.3, -0.25) is 0 Å². The zero-order valence-electron chi connectivity index (χ0n) is 10.8. The van der Waals surface area contributed by atoms with Crippen LogP contribution >= 0.6 is 11.3 Å². The van der Waals surface area contributed by atoms with E-state index >= 15 is 0 Å². The van der Waals surface area contributed by atoms with Crippen LogP contribution < -0.4 is 5.32 Å². The van der Waals surface area contributed by atoms with Crippen molar-refractivity contribution >= 4 is 11.3 Å². The summed E-state index contributed by atoms with van der Waals surface area (Å²) in [7, 11) is 0. The summed E-state index contributed by atoms with van der Waals surface area (Å²) in [6.45, 7) is 6.38. The van der Waals surface area contributed by atoms with E-state index in [1.165, 1.54) is 28.2 Å². The maximum absolute atomic E-state index is 9.62. The zero-order valence-corrected chi connectivity index (χ0v) is 11.6. The topological polar surface area (TPSA) is 32.3 Å². The molecule has 1 aromatic rings. The third kappa shape index (κ3) is 3.80. The van der Waals surface area contributed by atoms with Crippen molar-refractivity contribution in [2.45, 2.75) is 52.2 Å². The predicted octanol–water partition coefficient (Wildman–Crippen LogP) is 3.01. The van der Waals surface area contributed by atoms with Gasteiger partial charge in [0.25, 0.3) is 0 Å². The molecule has 2 nitrogen and oxygen atoms in total. The minimum Gasteiger partial charge on any atom is -0.393 e. The van der Waals surface area contributed by atoms with Gasteiger partial charge in [-0.1, -0.05) is 6.42 Å². The highest BCUT2D eigenvalue weighted by atomic mass is 32.1. The number of hydrogen-bond donors (Lipinski definition) is 2. The highest BCUT2D eigenvalue weighted by Crippen LogP contribution is 2.24. The SMILES string of the molecule is Cc1cc(CNCC2CCCC(O)C2)c(C)s1. The van der Waals surface area contributed by atoms with Gasteiger partial charge >= 0.3 is 0 Å². The molecule has 2 rings (SSSR count). The molecule has 0 aliphatic heterocycles. The molecule has 0 amide bonds. The van der Waals surface area contributed by atoms with Gasteiger partial charge in [-0.25, -0.2) is 0 Å². The van der Waals surface area contributed by atoms with Crippen LogP contribution in [0.2, 0.25) is 0 Å². The minimum atomic E-state index is -0.0549. The Morgan fingerprint density at radius 3 is 2.88 bits per heavy atom. The third-order valence-electron chi connectivity index (χ3n) is 3.65. The fourth-order valence-electron chi connectivity index (χ4n) is 2.72. The Kier molecular flexibility index (Phi) is 4.60. The van der Waals surface area contributed by atoms with Gasteiger partial charge in [-0.15, -0.1) is 11.3 Å². The summed E-state index contributed by atoms with van der Waals surface area (Å²) in [6.07, 6.45) is 4.38. The number of thiophene rings is 1. The first-order valence-electron chi connectivity index (χ1n) is 6.60. The van der Waals surface area contributed by atoms with Gasteiger partial charge in [0.2, 0.25) is 0 Å². The summed E-state index contributed by atoms with van der Waals surface area (Å²) >= 11 is 1.88. The lowest BCUT2D eigenvalue weighted by atomic mass is 9.87. The average molecular weight is 253 g/mol. The molecule has 0 radical (unpaired) electrons. The maximum Gasteiger partial charge on any atom is 0.0543 e. The molecule has 1 heterocycles. The first-order valence-corrected chi connectivity index (χ1v) is 7.41. The second-order valence-corrected chi connectivity index (χ2v) is 6.72. The van der Waals surface area contributed by atoms with Gasteiger partial charge in [0, 0.05) is 16.3 Å². The molecule has 2 N–H and O–H groups in total. The van der Waals surface area contributed by atoms with E-state index in [-0.39, 0.29) is 6.10 Å². The Morgan fingerprint density at radius 2 is 2.24 bits per heavy atom. The van der Waals surface area contributed by atoms with E-state index in [0.29, 0.717) is 5.92 Å². The van der Waals surface area contributed by atoms with Crippen molar-refractivity contribution in [2.75, 3.05) is 6.54 Å². The average Bonchev–Trinajstić information content (AvgIpc) is 2.58. The van der Waals surface area contributed by atoms with Crippen molar-refractivity contribution < 1.29 is 5.11 Å². The van der Waals surface area contributed by atoms with Crippen molar-refractivity contribution in [1.82, 2.24) is 5.32 Å². The van der Waals surface area contributed by atoms with Crippen LogP contribution in [-0.2, 0) is 6.54 Å². The normalized spacial score (nSPS) is 25.1. The van der Waals surface area contributed by atoms with E-state index in [4.69, 9.17) is 0 Å². The van der Waals surface area contributed by atoms with Crippen LogP contribution in [0.1, 0.15) is 41.0 Å². The molecule has 0 aromatic carbocycles. The first-order chi connectivity index (χ1) is 8.15. The van der Waals surface area contributed by atoms with E-state index in [9.17, 15) is 5.11 Å². The molecule has 96 valence electrons. The standard InChI is InChI=1S/C14H23NOS/c1-10-6-13(11(2)17-10)9-15-8-12-4-3-5-14(16)7-12/h6,12,14-16H,3-5,7-9H2,1-2H3. The van der Waals surface area contributed by atoms with Gasteiger partial charge in [-0.2, -0.15) is 0 Å². The smallest absolute Gasteiger partial charge is 0.0543 e. The summed E-state index contributed by atoms with van der Waals surface area (Å²) in [5.41, 5.74) is 1.43. The second kappa shape index (κ2) is 5.98. The van der Waals surface area contributed by atoms with Crippen molar-refractivity contribution in [3.05, 3.63) is 21.4 Å². The quantitative estimate of drug-likeness (QED) is 0.864. The van der Waals surface area contributed by atoms with Crippen molar-refractivity contribution in [3.63, 3.8) is 0 Å². The molecule has 1 aliphatic carbocycles. The summed E-state index contributed by atoms with van der Waals surface area (Å²) < 4.78 is 0. The summed E-state index contributed by atoms with van der Waals surface area (Å²) in [6, 6.07) is 2.28. The van der Waals surface area contributed by atoms with Crippen LogP contribution in [0, 0.1) is 19.8 Å². The van der Waals surface area contributed by atoms with Crippen LogP contribution in [0.25, 0.3) is 0 Å². The van der Waals surface area contributed by atoms with Crippen LogP contribution in [0.15, 0.2) is 6.07 Å². The van der Waals surface area contributed by atoms with Crippen molar-refractivity contribution in [2.24, 2.45) is 5.92 Å². The second-order valence-electron chi connectivity index (χ2n) is 5.26. The summed E-state index contributed by atoms with van der Waals surface area (Å²) in [5, 5.41) is 13.2. The number of aryl methyl sites for hydroxylation is 2. The molecule has 1 aromatic heterocycles. The molecule has 0 spiro atoms. The number of rotatable bonds is 4. The minimum absolute atomic E-state index is 0.0549. The first kappa shape index (κ1) is 13.1. The summed E-state index contributed by atoms with van der Waals surface area (Å²) in [5.74, 6) is 0.666. The zero-order chi connectivity index (χ0) is 12.3. The van der Waals surface area contributed by atoms with Crippen LogP contribution in [0.5, 0.6) is 0 Å². The Hall–Kier alpha value is -0.380. The van der Waals surface area contributed by atoms with E-state index < -0.39 is 0 Å². The molecular formula is C14H23NOS. The molecule has 2 unspecified atom stereocenters. The van der Waals surface area contributed by atoms with E-state index in [2.05, 4.69) is 25.2 Å². The monoisotopic (exact) mass is 253 g/mol. The van der Waals surface area contributed by atoms with E-state index in [1.54, 1.807) is 0 Å². The molecule has 2 atom stereocenters. The maximum atomic E-state index is 9.62. The third-order valence-corrected chi connectivity index (χ3v) is 4.66. The molecule has 1 fully saturated rings. The van der Waals surface area contributed by atoms with Gasteiger partial charge in [0.1, 0.15) is 0 Å². The lowest BCUT2D eigenvalue weighted by Crippen LogP contribution is -2.28. The Bertz CT molecular complexity index is 361. The molecule has 17 heavy (non-hydrogen) atoms.